The second kappa shape index (κ2) is 7.37. The SMILES string of the molecule is O=S(=O)(c1ccccc1Cl)n1cc(C(F)F)c2c(N3CCCCC3)cccc21. The molecule has 0 unspecified atom stereocenters. The largest absolute Gasteiger partial charge is 0.371 e. The van der Waals surface area contributed by atoms with Crippen molar-refractivity contribution in [1.82, 2.24) is 3.97 Å². The summed E-state index contributed by atoms with van der Waals surface area (Å²) in [5.74, 6) is 0. The van der Waals surface area contributed by atoms with Crippen LogP contribution in [0, 0.1) is 0 Å². The second-order valence-electron chi connectivity index (χ2n) is 6.84. The van der Waals surface area contributed by atoms with Gasteiger partial charge >= 0.3 is 0 Å². The quantitative estimate of drug-likeness (QED) is 0.558. The zero-order valence-electron chi connectivity index (χ0n) is 15.0. The predicted octanol–water partition coefficient (Wildman–Crippen LogP) is 5.46. The Balaban J connectivity index is 1.97. The van der Waals surface area contributed by atoms with Crippen molar-refractivity contribution in [3.05, 3.63) is 59.2 Å². The van der Waals surface area contributed by atoms with E-state index in [1.807, 2.05) is 0 Å². The number of benzene rings is 2. The van der Waals surface area contributed by atoms with E-state index >= 15 is 0 Å². The Morgan fingerprint density at radius 1 is 0.964 bits per heavy atom. The maximum atomic E-state index is 13.9. The van der Waals surface area contributed by atoms with Crippen LogP contribution < -0.4 is 4.90 Å². The fourth-order valence-electron chi connectivity index (χ4n) is 3.79. The van der Waals surface area contributed by atoms with Gasteiger partial charge in [-0.15, -0.1) is 0 Å². The molecule has 148 valence electrons. The molecule has 0 atom stereocenters. The van der Waals surface area contributed by atoms with E-state index in [0.29, 0.717) is 5.69 Å². The third-order valence-corrected chi connectivity index (χ3v) is 7.28. The van der Waals surface area contributed by atoms with E-state index in [0.717, 1.165) is 42.5 Å². The van der Waals surface area contributed by atoms with Gasteiger partial charge in [-0.2, -0.15) is 0 Å². The summed E-state index contributed by atoms with van der Waals surface area (Å²) in [5, 5.41) is 0.338. The molecule has 8 heteroatoms. The van der Waals surface area contributed by atoms with Gasteiger partial charge in [0.1, 0.15) is 4.90 Å². The van der Waals surface area contributed by atoms with E-state index in [2.05, 4.69) is 4.90 Å². The first-order valence-corrected chi connectivity index (χ1v) is 10.9. The number of anilines is 1. The minimum absolute atomic E-state index is 0.0510. The standard InChI is InChI=1S/C20H19ClF2N2O2S/c21-15-7-2-3-10-18(15)28(26,27)25-13-14(20(22)23)19-16(8-6-9-17(19)25)24-11-4-1-5-12-24/h2-3,6-10,13,20H,1,4-5,11-12H2. The molecule has 4 nitrogen and oxygen atoms in total. The Morgan fingerprint density at radius 2 is 1.68 bits per heavy atom. The molecule has 0 spiro atoms. The van der Waals surface area contributed by atoms with Crippen LogP contribution in [0.15, 0.2) is 53.6 Å². The highest BCUT2D eigenvalue weighted by Gasteiger charge is 2.28. The van der Waals surface area contributed by atoms with Crippen LogP contribution in [-0.2, 0) is 10.0 Å². The van der Waals surface area contributed by atoms with Crippen molar-refractivity contribution >= 4 is 38.2 Å². The number of piperidine rings is 1. The molecule has 2 aromatic carbocycles. The number of alkyl halides is 2. The van der Waals surface area contributed by atoms with Gasteiger partial charge in [0.05, 0.1) is 10.5 Å². The maximum Gasteiger partial charge on any atom is 0.269 e. The lowest BCUT2D eigenvalue weighted by Crippen LogP contribution is -2.29. The van der Waals surface area contributed by atoms with E-state index in [-0.39, 0.29) is 26.4 Å². The van der Waals surface area contributed by atoms with Crippen LogP contribution in [0.5, 0.6) is 0 Å². The van der Waals surface area contributed by atoms with Gasteiger partial charge in [0, 0.05) is 35.9 Å². The Kier molecular flexibility index (Phi) is 5.05. The third-order valence-electron chi connectivity index (χ3n) is 5.11. The number of hydrogen-bond donors (Lipinski definition) is 0. The normalized spacial score (nSPS) is 15.5. The molecular formula is C20H19ClF2N2O2S. The lowest BCUT2D eigenvalue weighted by Gasteiger charge is -2.29. The molecular weight excluding hydrogens is 406 g/mol. The maximum absolute atomic E-state index is 13.9. The van der Waals surface area contributed by atoms with E-state index in [9.17, 15) is 17.2 Å². The lowest BCUT2D eigenvalue weighted by molar-refractivity contribution is 0.153. The van der Waals surface area contributed by atoms with Crippen LogP contribution in [0.4, 0.5) is 14.5 Å². The number of rotatable bonds is 4. The van der Waals surface area contributed by atoms with Crippen molar-refractivity contribution in [1.29, 1.82) is 0 Å². The summed E-state index contributed by atoms with van der Waals surface area (Å²) in [6, 6.07) is 11.1. The zero-order chi connectivity index (χ0) is 19.9. The van der Waals surface area contributed by atoms with Crippen molar-refractivity contribution in [2.45, 2.75) is 30.6 Å². The van der Waals surface area contributed by atoms with Crippen molar-refractivity contribution in [2.24, 2.45) is 0 Å². The smallest absolute Gasteiger partial charge is 0.269 e. The van der Waals surface area contributed by atoms with Crippen LogP contribution in [-0.4, -0.2) is 25.5 Å². The van der Waals surface area contributed by atoms with Gasteiger partial charge in [0.25, 0.3) is 16.4 Å². The van der Waals surface area contributed by atoms with Gasteiger partial charge in [-0.05, 0) is 43.5 Å². The molecule has 1 fully saturated rings. The van der Waals surface area contributed by atoms with E-state index in [4.69, 9.17) is 11.6 Å². The Labute approximate surface area is 167 Å². The molecule has 4 rings (SSSR count). The van der Waals surface area contributed by atoms with Gasteiger partial charge in [0.2, 0.25) is 0 Å². The van der Waals surface area contributed by atoms with Gasteiger partial charge < -0.3 is 4.90 Å². The zero-order valence-corrected chi connectivity index (χ0v) is 16.6. The van der Waals surface area contributed by atoms with Gasteiger partial charge in [-0.3, -0.25) is 0 Å². The number of fused-ring (bicyclic) bond motifs is 1. The average Bonchev–Trinajstić information content (AvgIpc) is 3.10. The fraction of sp³-hybridized carbons (Fsp3) is 0.300. The first-order valence-electron chi connectivity index (χ1n) is 9.08. The summed E-state index contributed by atoms with van der Waals surface area (Å²) in [6.45, 7) is 1.54. The fourth-order valence-corrected chi connectivity index (χ4v) is 5.66. The number of nitrogens with zero attached hydrogens (tertiary/aromatic N) is 2. The topological polar surface area (TPSA) is 42.3 Å². The number of halogens is 3. The predicted molar refractivity (Wildman–Crippen MR) is 107 cm³/mol. The minimum Gasteiger partial charge on any atom is -0.371 e. The number of hydrogen-bond acceptors (Lipinski definition) is 3. The summed E-state index contributed by atoms with van der Waals surface area (Å²) in [7, 11) is -4.12. The van der Waals surface area contributed by atoms with E-state index < -0.39 is 16.4 Å². The molecule has 1 aromatic heterocycles. The van der Waals surface area contributed by atoms with E-state index in [1.54, 1.807) is 30.3 Å². The molecule has 0 aliphatic carbocycles. The highest BCUT2D eigenvalue weighted by atomic mass is 35.5. The third kappa shape index (κ3) is 3.16. The van der Waals surface area contributed by atoms with Crippen molar-refractivity contribution in [3.63, 3.8) is 0 Å². The van der Waals surface area contributed by atoms with Crippen LogP contribution in [0.25, 0.3) is 10.9 Å². The first-order chi connectivity index (χ1) is 13.4. The molecule has 0 N–H and O–H groups in total. The summed E-state index contributed by atoms with van der Waals surface area (Å²) in [5.41, 5.74) is 0.603. The van der Waals surface area contributed by atoms with Crippen molar-refractivity contribution in [2.75, 3.05) is 18.0 Å². The molecule has 0 saturated carbocycles. The average molecular weight is 425 g/mol. The van der Waals surface area contributed by atoms with Crippen LogP contribution in [0.3, 0.4) is 0 Å². The minimum atomic E-state index is -4.12. The summed E-state index contributed by atoms with van der Waals surface area (Å²) in [6.07, 6.45) is 1.31. The molecule has 0 radical (unpaired) electrons. The summed E-state index contributed by atoms with van der Waals surface area (Å²) >= 11 is 6.08. The van der Waals surface area contributed by atoms with Crippen molar-refractivity contribution < 1.29 is 17.2 Å². The van der Waals surface area contributed by atoms with Gasteiger partial charge in [-0.1, -0.05) is 29.8 Å². The molecule has 1 aliphatic rings. The molecule has 28 heavy (non-hydrogen) atoms. The monoisotopic (exact) mass is 424 g/mol. The molecule has 2 heterocycles. The van der Waals surface area contributed by atoms with Gasteiger partial charge in [0.15, 0.2) is 0 Å². The molecule has 1 aliphatic heterocycles. The summed E-state index contributed by atoms with van der Waals surface area (Å²) < 4.78 is 55.1. The molecule has 0 amide bonds. The van der Waals surface area contributed by atoms with Crippen LogP contribution >= 0.6 is 11.6 Å². The summed E-state index contributed by atoms with van der Waals surface area (Å²) in [4.78, 5) is 1.95. The Hall–Kier alpha value is -2.12. The highest BCUT2D eigenvalue weighted by molar-refractivity contribution is 7.90. The van der Waals surface area contributed by atoms with Crippen LogP contribution in [0.2, 0.25) is 5.02 Å². The highest BCUT2D eigenvalue weighted by Crippen LogP contribution is 2.39. The lowest BCUT2D eigenvalue weighted by atomic mass is 10.1. The van der Waals surface area contributed by atoms with Crippen molar-refractivity contribution in [3.8, 4) is 0 Å². The molecule has 0 bridgehead atoms. The Bertz CT molecular complexity index is 1120. The van der Waals surface area contributed by atoms with Crippen LogP contribution in [0.1, 0.15) is 31.3 Å². The first kappa shape index (κ1) is 19.2. The number of aromatic nitrogens is 1. The molecule has 3 aromatic rings. The Morgan fingerprint density at radius 3 is 2.36 bits per heavy atom. The molecule has 1 saturated heterocycles. The second-order valence-corrected chi connectivity index (χ2v) is 9.03. The van der Waals surface area contributed by atoms with E-state index in [1.165, 1.54) is 12.1 Å². The van der Waals surface area contributed by atoms with Gasteiger partial charge in [-0.25, -0.2) is 21.2 Å².